The molecule has 1 aromatic heterocycles. The molecule has 2 heterocycles. The van der Waals surface area contributed by atoms with Gasteiger partial charge in [-0.2, -0.15) is 0 Å². The first kappa shape index (κ1) is 13.6. The normalized spacial score (nSPS) is 24.4. The van der Waals surface area contributed by atoms with Crippen LogP contribution in [0.15, 0.2) is 0 Å². The second kappa shape index (κ2) is 5.43. The van der Waals surface area contributed by atoms with Gasteiger partial charge in [0.1, 0.15) is 16.8 Å². The SMILES string of the molecule is CCc1nc(Cl)c(C)c(N2CCC(C)C(C)C2)n1. The average molecular weight is 268 g/mol. The van der Waals surface area contributed by atoms with Crippen molar-refractivity contribution in [1.82, 2.24) is 9.97 Å². The number of anilines is 1. The molecular weight excluding hydrogens is 246 g/mol. The molecule has 0 spiro atoms. The minimum absolute atomic E-state index is 0.600. The molecule has 3 nitrogen and oxygen atoms in total. The number of rotatable bonds is 2. The molecule has 0 N–H and O–H groups in total. The number of piperidine rings is 1. The van der Waals surface area contributed by atoms with Crippen LogP contribution in [-0.2, 0) is 6.42 Å². The average Bonchev–Trinajstić information content (AvgIpc) is 2.36. The fourth-order valence-corrected chi connectivity index (χ4v) is 2.62. The quantitative estimate of drug-likeness (QED) is 0.768. The molecule has 2 rings (SSSR count). The molecule has 0 saturated carbocycles. The molecular formula is C14H22ClN3. The van der Waals surface area contributed by atoms with Gasteiger partial charge in [-0.25, -0.2) is 9.97 Å². The van der Waals surface area contributed by atoms with Crippen molar-refractivity contribution in [2.24, 2.45) is 11.8 Å². The van der Waals surface area contributed by atoms with E-state index in [0.717, 1.165) is 42.6 Å². The summed E-state index contributed by atoms with van der Waals surface area (Å²) < 4.78 is 0. The fraction of sp³-hybridized carbons (Fsp3) is 0.714. The summed E-state index contributed by atoms with van der Waals surface area (Å²) in [6.07, 6.45) is 2.05. The Labute approximate surface area is 115 Å². The number of hydrogen-bond acceptors (Lipinski definition) is 3. The Hall–Kier alpha value is -0.830. The van der Waals surface area contributed by atoms with E-state index in [9.17, 15) is 0 Å². The van der Waals surface area contributed by atoms with Crippen LogP contribution in [0.3, 0.4) is 0 Å². The van der Waals surface area contributed by atoms with Crippen molar-refractivity contribution in [3.8, 4) is 0 Å². The zero-order chi connectivity index (χ0) is 13.3. The largest absolute Gasteiger partial charge is 0.356 e. The zero-order valence-corrected chi connectivity index (χ0v) is 12.5. The lowest BCUT2D eigenvalue weighted by Gasteiger charge is -2.36. The molecule has 18 heavy (non-hydrogen) atoms. The van der Waals surface area contributed by atoms with Crippen LogP contribution in [0.2, 0.25) is 5.15 Å². The maximum absolute atomic E-state index is 6.20. The Morgan fingerprint density at radius 1 is 1.28 bits per heavy atom. The van der Waals surface area contributed by atoms with Gasteiger partial charge >= 0.3 is 0 Å². The van der Waals surface area contributed by atoms with Crippen molar-refractivity contribution in [3.63, 3.8) is 0 Å². The molecule has 0 bridgehead atoms. The predicted molar refractivity (Wildman–Crippen MR) is 76.3 cm³/mol. The summed E-state index contributed by atoms with van der Waals surface area (Å²) in [5, 5.41) is 0.600. The van der Waals surface area contributed by atoms with Gasteiger partial charge in [-0.3, -0.25) is 0 Å². The molecule has 1 saturated heterocycles. The maximum Gasteiger partial charge on any atom is 0.137 e. The van der Waals surface area contributed by atoms with Crippen LogP contribution >= 0.6 is 11.6 Å². The Kier molecular flexibility index (Phi) is 4.10. The molecule has 1 fully saturated rings. The van der Waals surface area contributed by atoms with Crippen LogP contribution in [0, 0.1) is 18.8 Å². The smallest absolute Gasteiger partial charge is 0.137 e. The molecule has 1 aliphatic rings. The van der Waals surface area contributed by atoms with Crippen LogP contribution in [0.4, 0.5) is 5.82 Å². The van der Waals surface area contributed by atoms with E-state index in [1.807, 2.05) is 6.92 Å². The third-order valence-electron chi connectivity index (χ3n) is 4.06. The van der Waals surface area contributed by atoms with Gasteiger partial charge in [0.2, 0.25) is 0 Å². The lowest BCUT2D eigenvalue weighted by atomic mass is 9.88. The highest BCUT2D eigenvalue weighted by molar-refractivity contribution is 6.30. The molecule has 4 heteroatoms. The topological polar surface area (TPSA) is 29.0 Å². The standard InChI is InChI=1S/C14H22ClN3/c1-5-12-16-13(15)11(4)14(17-12)18-7-6-9(2)10(3)8-18/h9-10H,5-8H2,1-4H3. The van der Waals surface area contributed by atoms with Crippen molar-refractivity contribution in [2.75, 3.05) is 18.0 Å². The van der Waals surface area contributed by atoms with E-state index in [4.69, 9.17) is 11.6 Å². The summed E-state index contributed by atoms with van der Waals surface area (Å²) in [6, 6.07) is 0. The van der Waals surface area contributed by atoms with E-state index in [-0.39, 0.29) is 0 Å². The van der Waals surface area contributed by atoms with Crippen LogP contribution in [0.25, 0.3) is 0 Å². The highest BCUT2D eigenvalue weighted by atomic mass is 35.5. The van der Waals surface area contributed by atoms with Crippen LogP contribution in [0.1, 0.15) is 38.6 Å². The van der Waals surface area contributed by atoms with Gasteiger partial charge in [0, 0.05) is 25.1 Å². The van der Waals surface area contributed by atoms with Gasteiger partial charge in [-0.15, -0.1) is 0 Å². The summed E-state index contributed by atoms with van der Waals surface area (Å²) in [7, 11) is 0. The number of halogens is 1. The van der Waals surface area contributed by atoms with Gasteiger partial charge in [0.05, 0.1) is 0 Å². The summed E-state index contributed by atoms with van der Waals surface area (Å²) >= 11 is 6.20. The van der Waals surface area contributed by atoms with E-state index < -0.39 is 0 Å². The van der Waals surface area contributed by atoms with Crippen molar-refractivity contribution in [1.29, 1.82) is 0 Å². The Morgan fingerprint density at radius 2 is 2.00 bits per heavy atom. The molecule has 0 radical (unpaired) electrons. The summed E-state index contributed by atoms with van der Waals surface area (Å²) in [5.74, 6) is 3.37. The van der Waals surface area contributed by atoms with E-state index in [1.165, 1.54) is 6.42 Å². The van der Waals surface area contributed by atoms with Gasteiger partial charge in [0.15, 0.2) is 0 Å². The summed E-state index contributed by atoms with van der Waals surface area (Å²) in [5.41, 5.74) is 1.01. The fourth-order valence-electron chi connectivity index (χ4n) is 2.44. The molecule has 100 valence electrons. The number of nitrogens with zero attached hydrogens (tertiary/aromatic N) is 3. The van der Waals surface area contributed by atoms with Crippen LogP contribution in [0.5, 0.6) is 0 Å². The highest BCUT2D eigenvalue weighted by Gasteiger charge is 2.25. The van der Waals surface area contributed by atoms with E-state index in [2.05, 4.69) is 35.6 Å². The van der Waals surface area contributed by atoms with E-state index >= 15 is 0 Å². The van der Waals surface area contributed by atoms with Crippen LogP contribution < -0.4 is 4.90 Å². The first-order chi connectivity index (χ1) is 8.52. The van der Waals surface area contributed by atoms with E-state index in [1.54, 1.807) is 0 Å². The van der Waals surface area contributed by atoms with Gasteiger partial charge in [-0.05, 0) is 25.2 Å². The second-order valence-electron chi connectivity index (χ2n) is 5.42. The number of aryl methyl sites for hydroxylation is 1. The first-order valence-corrected chi connectivity index (χ1v) is 7.18. The predicted octanol–water partition coefficient (Wildman–Crippen LogP) is 3.48. The van der Waals surface area contributed by atoms with Crippen molar-refractivity contribution in [3.05, 3.63) is 16.5 Å². The molecule has 0 amide bonds. The van der Waals surface area contributed by atoms with Crippen LogP contribution in [-0.4, -0.2) is 23.1 Å². The Balaban J connectivity index is 2.30. The molecule has 0 aromatic carbocycles. The molecule has 2 atom stereocenters. The first-order valence-electron chi connectivity index (χ1n) is 6.80. The van der Waals surface area contributed by atoms with Crippen molar-refractivity contribution in [2.45, 2.75) is 40.5 Å². The van der Waals surface area contributed by atoms with Gasteiger partial charge in [0.25, 0.3) is 0 Å². The molecule has 1 aromatic rings. The second-order valence-corrected chi connectivity index (χ2v) is 5.78. The van der Waals surface area contributed by atoms with Crippen molar-refractivity contribution >= 4 is 17.4 Å². The van der Waals surface area contributed by atoms with Crippen molar-refractivity contribution < 1.29 is 0 Å². The highest BCUT2D eigenvalue weighted by Crippen LogP contribution is 2.30. The summed E-state index contributed by atoms with van der Waals surface area (Å²) in [6.45, 7) is 10.9. The summed E-state index contributed by atoms with van der Waals surface area (Å²) in [4.78, 5) is 11.3. The van der Waals surface area contributed by atoms with Gasteiger partial charge in [-0.1, -0.05) is 32.4 Å². The van der Waals surface area contributed by atoms with Gasteiger partial charge < -0.3 is 4.90 Å². The van der Waals surface area contributed by atoms with E-state index in [0.29, 0.717) is 11.1 Å². The molecule has 0 aliphatic carbocycles. The third kappa shape index (κ3) is 2.61. The minimum Gasteiger partial charge on any atom is -0.356 e. The molecule has 1 aliphatic heterocycles. The monoisotopic (exact) mass is 267 g/mol. The lowest BCUT2D eigenvalue weighted by molar-refractivity contribution is 0.322. The zero-order valence-electron chi connectivity index (χ0n) is 11.7. The Morgan fingerprint density at radius 3 is 2.61 bits per heavy atom. The minimum atomic E-state index is 0.600. The maximum atomic E-state index is 6.20. The lowest BCUT2D eigenvalue weighted by Crippen LogP contribution is -2.39. The third-order valence-corrected chi connectivity index (χ3v) is 4.42. The molecule has 2 unspecified atom stereocenters. The number of aromatic nitrogens is 2. The number of hydrogen-bond donors (Lipinski definition) is 0. The Bertz CT molecular complexity index is 433.